The van der Waals surface area contributed by atoms with Crippen molar-refractivity contribution in [1.82, 2.24) is 4.98 Å². The van der Waals surface area contributed by atoms with Crippen LogP contribution < -0.4 is 5.73 Å². The SMILES string of the molecule is Cc1cc(CCN)ccc1Sc1nc(C)c(C)o1. The van der Waals surface area contributed by atoms with Crippen molar-refractivity contribution in [2.45, 2.75) is 37.3 Å². The Morgan fingerprint density at radius 2 is 2.06 bits per heavy atom. The minimum absolute atomic E-state index is 0.685. The van der Waals surface area contributed by atoms with Crippen molar-refractivity contribution in [3.63, 3.8) is 0 Å². The molecule has 0 aliphatic rings. The van der Waals surface area contributed by atoms with Crippen LogP contribution >= 0.6 is 11.8 Å². The van der Waals surface area contributed by atoms with E-state index >= 15 is 0 Å². The molecule has 0 bridgehead atoms. The summed E-state index contributed by atoms with van der Waals surface area (Å²) in [4.78, 5) is 5.56. The zero-order valence-electron chi connectivity index (χ0n) is 11.0. The van der Waals surface area contributed by atoms with Gasteiger partial charge in [-0.25, -0.2) is 4.98 Å². The normalized spacial score (nSPS) is 10.9. The number of nitrogens with zero attached hydrogens (tertiary/aromatic N) is 1. The predicted molar refractivity (Wildman–Crippen MR) is 74.0 cm³/mol. The molecule has 1 heterocycles. The summed E-state index contributed by atoms with van der Waals surface area (Å²) in [7, 11) is 0. The van der Waals surface area contributed by atoms with E-state index in [1.165, 1.54) is 16.0 Å². The van der Waals surface area contributed by atoms with Crippen LogP contribution in [0.3, 0.4) is 0 Å². The Labute approximate surface area is 112 Å². The van der Waals surface area contributed by atoms with Crippen molar-refractivity contribution in [2.75, 3.05) is 6.54 Å². The van der Waals surface area contributed by atoms with Crippen LogP contribution in [-0.4, -0.2) is 11.5 Å². The predicted octanol–water partition coefficient (Wildman–Crippen LogP) is 3.25. The van der Waals surface area contributed by atoms with E-state index in [9.17, 15) is 0 Å². The fourth-order valence-electron chi connectivity index (χ4n) is 1.73. The monoisotopic (exact) mass is 262 g/mol. The second-order valence-electron chi connectivity index (χ2n) is 4.36. The Bertz CT molecular complexity index is 529. The van der Waals surface area contributed by atoms with Crippen molar-refractivity contribution in [2.24, 2.45) is 5.73 Å². The number of benzene rings is 1. The van der Waals surface area contributed by atoms with Crippen LogP contribution in [0.1, 0.15) is 22.6 Å². The molecule has 1 aromatic heterocycles. The standard InChI is InChI=1S/C14H18N2OS/c1-9-8-12(6-7-15)4-5-13(9)18-14-16-10(2)11(3)17-14/h4-5,8H,6-7,15H2,1-3H3. The molecule has 2 N–H and O–H groups in total. The van der Waals surface area contributed by atoms with E-state index in [4.69, 9.17) is 10.2 Å². The highest BCUT2D eigenvalue weighted by Crippen LogP contribution is 2.31. The van der Waals surface area contributed by atoms with Gasteiger partial charge in [0.25, 0.3) is 5.22 Å². The summed E-state index contributed by atoms with van der Waals surface area (Å²) in [6.07, 6.45) is 0.920. The lowest BCUT2D eigenvalue weighted by atomic mass is 10.1. The molecule has 0 aliphatic heterocycles. The van der Waals surface area contributed by atoms with E-state index in [0.29, 0.717) is 11.8 Å². The molecule has 0 aliphatic carbocycles. The summed E-state index contributed by atoms with van der Waals surface area (Å²) in [5.74, 6) is 0.884. The molecule has 0 unspecified atom stereocenters. The average molecular weight is 262 g/mol. The lowest BCUT2D eigenvalue weighted by Crippen LogP contribution is -2.02. The quantitative estimate of drug-likeness (QED) is 0.919. The van der Waals surface area contributed by atoms with Crippen LogP contribution in [0.5, 0.6) is 0 Å². The molecule has 18 heavy (non-hydrogen) atoms. The van der Waals surface area contributed by atoms with E-state index < -0.39 is 0 Å². The Morgan fingerprint density at radius 1 is 1.28 bits per heavy atom. The van der Waals surface area contributed by atoms with Gasteiger partial charge in [0, 0.05) is 4.90 Å². The van der Waals surface area contributed by atoms with Gasteiger partial charge in [-0.1, -0.05) is 12.1 Å². The van der Waals surface area contributed by atoms with Gasteiger partial charge < -0.3 is 10.2 Å². The molecular weight excluding hydrogens is 244 g/mol. The van der Waals surface area contributed by atoms with E-state index in [2.05, 4.69) is 30.1 Å². The molecule has 0 radical (unpaired) electrons. The molecule has 0 spiro atoms. The van der Waals surface area contributed by atoms with Gasteiger partial charge in [0.1, 0.15) is 5.76 Å². The van der Waals surface area contributed by atoms with Crippen molar-refractivity contribution in [3.05, 3.63) is 40.8 Å². The number of rotatable bonds is 4. The van der Waals surface area contributed by atoms with Crippen molar-refractivity contribution in [1.29, 1.82) is 0 Å². The highest BCUT2D eigenvalue weighted by atomic mass is 32.2. The van der Waals surface area contributed by atoms with E-state index in [1.54, 1.807) is 11.8 Å². The topological polar surface area (TPSA) is 52.0 Å². The maximum atomic E-state index is 5.58. The minimum atomic E-state index is 0.685. The van der Waals surface area contributed by atoms with Gasteiger partial charge in [0.15, 0.2) is 0 Å². The molecular formula is C14H18N2OS. The van der Waals surface area contributed by atoms with Crippen LogP contribution in [-0.2, 0) is 6.42 Å². The van der Waals surface area contributed by atoms with Gasteiger partial charge in [-0.3, -0.25) is 0 Å². The van der Waals surface area contributed by atoms with Crippen molar-refractivity contribution < 1.29 is 4.42 Å². The molecule has 0 amide bonds. The lowest BCUT2D eigenvalue weighted by molar-refractivity contribution is 0.431. The maximum Gasteiger partial charge on any atom is 0.261 e. The molecule has 0 atom stereocenters. The number of oxazole rings is 1. The molecule has 1 aromatic carbocycles. The molecule has 96 valence electrons. The molecule has 0 saturated heterocycles. The Morgan fingerprint density at radius 3 is 2.61 bits per heavy atom. The van der Waals surface area contributed by atoms with E-state index in [-0.39, 0.29) is 0 Å². The number of aromatic nitrogens is 1. The van der Waals surface area contributed by atoms with E-state index in [0.717, 1.165) is 17.9 Å². The smallest absolute Gasteiger partial charge is 0.261 e. The zero-order valence-corrected chi connectivity index (χ0v) is 11.8. The number of aryl methyl sites for hydroxylation is 3. The molecule has 2 aromatic rings. The summed E-state index contributed by atoms with van der Waals surface area (Å²) >= 11 is 1.57. The molecule has 0 saturated carbocycles. The maximum absolute atomic E-state index is 5.58. The fraction of sp³-hybridized carbons (Fsp3) is 0.357. The number of nitrogens with two attached hydrogens (primary N) is 1. The third-order valence-electron chi connectivity index (χ3n) is 2.88. The van der Waals surface area contributed by atoms with Gasteiger partial charge in [0.2, 0.25) is 0 Å². The highest BCUT2D eigenvalue weighted by molar-refractivity contribution is 7.99. The van der Waals surface area contributed by atoms with Crippen LogP contribution in [0.25, 0.3) is 0 Å². The van der Waals surface area contributed by atoms with Crippen molar-refractivity contribution in [3.8, 4) is 0 Å². The Balaban J connectivity index is 2.19. The minimum Gasteiger partial charge on any atom is -0.436 e. The van der Waals surface area contributed by atoms with Gasteiger partial charge in [-0.15, -0.1) is 0 Å². The highest BCUT2D eigenvalue weighted by Gasteiger charge is 2.09. The first kappa shape index (κ1) is 13.2. The van der Waals surface area contributed by atoms with E-state index in [1.807, 2.05) is 13.8 Å². The third-order valence-corrected chi connectivity index (χ3v) is 3.91. The largest absolute Gasteiger partial charge is 0.436 e. The zero-order chi connectivity index (χ0) is 13.1. The fourth-order valence-corrected chi connectivity index (χ4v) is 2.62. The first-order valence-electron chi connectivity index (χ1n) is 6.01. The van der Waals surface area contributed by atoms with Crippen molar-refractivity contribution >= 4 is 11.8 Å². The van der Waals surface area contributed by atoms with Gasteiger partial charge >= 0.3 is 0 Å². The summed E-state index contributed by atoms with van der Waals surface area (Å²) in [6, 6.07) is 6.41. The second kappa shape index (κ2) is 5.59. The van der Waals surface area contributed by atoms with Gasteiger partial charge in [0.05, 0.1) is 5.69 Å². The number of hydrogen-bond donors (Lipinski definition) is 1. The summed E-state index contributed by atoms with van der Waals surface area (Å²) in [6.45, 7) is 6.68. The van der Waals surface area contributed by atoms with Crippen LogP contribution in [0.4, 0.5) is 0 Å². The molecule has 4 heteroatoms. The second-order valence-corrected chi connectivity index (χ2v) is 5.36. The Kier molecular flexibility index (Phi) is 4.09. The first-order valence-corrected chi connectivity index (χ1v) is 6.83. The van der Waals surface area contributed by atoms with Crippen LogP contribution in [0.2, 0.25) is 0 Å². The lowest BCUT2D eigenvalue weighted by Gasteiger charge is -2.05. The summed E-state index contributed by atoms with van der Waals surface area (Å²) in [5, 5.41) is 0.708. The number of hydrogen-bond acceptors (Lipinski definition) is 4. The molecule has 0 fully saturated rings. The molecule has 3 nitrogen and oxygen atoms in total. The third kappa shape index (κ3) is 2.94. The van der Waals surface area contributed by atoms with Crippen LogP contribution in [0, 0.1) is 20.8 Å². The Hall–Kier alpha value is -1.26. The first-order chi connectivity index (χ1) is 8.60. The van der Waals surface area contributed by atoms with Gasteiger partial charge in [-0.2, -0.15) is 0 Å². The van der Waals surface area contributed by atoms with Gasteiger partial charge in [-0.05, 0) is 62.7 Å². The average Bonchev–Trinajstić information content (AvgIpc) is 2.62. The summed E-state index contributed by atoms with van der Waals surface area (Å²) in [5.41, 5.74) is 9.03. The van der Waals surface area contributed by atoms with Crippen LogP contribution in [0.15, 0.2) is 32.7 Å². The molecule has 2 rings (SSSR count). The summed E-state index contributed by atoms with van der Waals surface area (Å²) < 4.78 is 5.58.